The molecule has 2 atom stereocenters. The first-order valence-corrected chi connectivity index (χ1v) is 8.68. The third kappa shape index (κ3) is 7.32. The first-order chi connectivity index (χ1) is 11.9. The van der Waals surface area contributed by atoms with Gasteiger partial charge in [-0.3, -0.25) is 14.9 Å². The Morgan fingerprint density at radius 3 is 2.12 bits per heavy atom. The molecular formula is C16H28N6O3. The number of carbonyl (C=O) groups is 2. The Morgan fingerprint density at radius 1 is 1.00 bits per heavy atom. The summed E-state index contributed by atoms with van der Waals surface area (Å²) in [6.07, 6.45) is 5.14. The van der Waals surface area contributed by atoms with Crippen LogP contribution in [0.4, 0.5) is 17.8 Å². The van der Waals surface area contributed by atoms with Crippen LogP contribution >= 0.6 is 0 Å². The van der Waals surface area contributed by atoms with Crippen molar-refractivity contribution in [1.29, 1.82) is 0 Å². The predicted octanol–water partition coefficient (Wildman–Crippen LogP) is 2.06. The van der Waals surface area contributed by atoms with Crippen LogP contribution in [-0.2, 0) is 9.59 Å². The van der Waals surface area contributed by atoms with E-state index in [1.165, 1.54) is 0 Å². The molecule has 0 saturated heterocycles. The van der Waals surface area contributed by atoms with Gasteiger partial charge in [-0.05, 0) is 25.7 Å². The van der Waals surface area contributed by atoms with Gasteiger partial charge in [0.05, 0.1) is 5.92 Å². The lowest BCUT2D eigenvalue weighted by Crippen LogP contribution is -2.26. The maximum absolute atomic E-state index is 12.6. The number of carboxylic acid groups (broad SMARTS) is 1. The lowest BCUT2D eigenvalue weighted by Gasteiger charge is -2.18. The minimum absolute atomic E-state index is 0.0146. The molecule has 2 unspecified atom stereocenters. The predicted molar refractivity (Wildman–Crippen MR) is 95.6 cm³/mol. The molecule has 9 nitrogen and oxygen atoms in total. The minimum Gasteiger partial charge on any atom is -0.481 e. The molecule has 9 heteroatoms. The molecule has 140 valence electrons. The van der Waals surface area contributed by atoms with E-state index in [1.807, 2.05) is 6.92 Å². The van der Waals surface area contributed by atoms with Crippen LogP contribution in [-0.4, -0.2) is 31.9 Å². The molecule has 1 aromatic heterocycles. The van der Waals surface area contributed by atoms with E-state index in [2.05, 4.69) is 27.2 Å². The van der Waals surface area contributed by atoms with Gasteiger partial charge in [-0.25, -0.2) is 0 Å². The van der Waals surface area contributed by atoms with E-state index in [4.69, 9.17) is 11.5 Å². The van der Waals surface area contributed by atoms with Gasteiger partial charge in [-0.15, -0.1) is 0 Å². The van der Waals surface area contributed by atoms with Gasteiger partial charge in [0.1, 0.15) is 0 Å². The van der Waals surface area contributed by atoms with E-state index >= 15 is 0 Å². The van der Waals surface area contributed by atoms with Crippen LogP contribution in [0.15, 0.2) is 0 Å². The van der Waals surface area contributed by atoms with Gasteiger partial charge in [-0.2, -0.15) is 15.0 Å². The van der Waals surface area contributed by atoms with Crippen LogP contribution in [0.2, 0.25) is 0 Å². The largest absolute Gasteiger partial charge is 0.481 e. The Balaban J connectivity index is 2.75. The summed E-state index contributed by atoms with van der Waals surface area (Å²) < 4.78 is 0. The first-order valence-electron chi connectivity index (χ1n) is 8.68. The van der Waals surface area contributed by atoms with Crippen molar-refractivity contribution in [1.82, 2.24) is 15.0 Å². The summed E-state index contributed by atoms with van der Waals surface area (Å²) in [5.41, 5.74) is 11.0. The van der Waals surface area contributed by atoms with Crippen LogP contribution in [0.3, 0.4) is 0 Å². The van der Waals surface area contributed by atoms with Crippen molar-refractivity contribution in [2.24, 2.45) is 11.8 Å². The molecule has 1 aromatic rings. The Hall–Kier alpha value is -2.45. The fraction of sp³-hybridized carbons (Fsp3) is 0.688. The smallest absolute Gasteiger partial charge is 0.306 e. The summed E-state index contributed by atoms with van der Waals surface area (Å²) in [6.45, 7) is 3.92. The highest BCUT2D eigenvalue weighted by Gasteiger charge is 2.23. The molecule has 0 bridgehead atoms. The molecule has 0 fully saturated rings. The van der Waals surface area contributed by atoms with Crippen molar-refractivity contribution in [3.05, 3.63) is 0 Å². The molecule has 1 amide bonds. The van der Waals surface area contributed by atoms with Crippen molar-refractivity contribution in [2.75, 3.05) is 16.8 Å². The average molecular weight is 352 g/mol. The zero-order valence-corrected chi connectivity index (χ0v) is 14.9. The van der Waals surface area contributed by atoms with Crippen LogP contribution in [0.25, 0.3) is 0 Å². The third-order valence-corrected chi connectivity index (χ3v) is 4.14. The van der Waals surface area contributed by atoms with Crippen LogP contribution in [0.5, 0.6) is 0 Å². The second-order valence-electron chi connectivity index (χ2n) is 6.08. The minimum atomic E-state index is -0.826. The number of carboxylic acids is 1. The number of hydrogen-bond donors (Lipinski definition) is 4. The van der Waals surface area contributed by atoms with E-state index in [0.717, 1.165) is 19.3 Å². The summed E-state index contributed by atoms with van der Waals surface area (Å²) in [4.78, 5) is 35.1. The number of aliphatic carboxylic acids is 1. The number of hydrogen-bond acceptors (Lipinski definition) is 7. The molecule has 0 radical (unpaired) electrons. The Bertz CT molecular complexity index is 561. The highest BCUT2D eigenvalue weighted by atomic mass is 16.4. The SMILES string of the molecule is CCCCCC(CCC(CC)C(=O)O)C(=O)Nc1nc(N)nc(N)n1. The zero-order valence-electron chi connectivity index (χ0n) is 14.9. The maximum Gasteiger partial charge on any atom is 0.306 e. The van der Waals surface area contributed by atoms with E-state index in [-0.39, 0.29) is 29.7 Å². The lowest BCUT2D eigenvalue weighted by molar-refractivity contribution is -0.142. The molecule has 1 rings (SSSR count). The molecule has 25 heavy (non-hydrogen) atoms. The van der Waals surface area contributed by atoms with Gasteiger partial charge in [0.25, 0.3) is 0 Å². The van der Waals surface area contributed by atoms with E-state index in [1.54, 1.807) is 0 Å². The van der Waals surface area contributed by atoms with Gasteiger partial charge < -0.3 is 16.6 Å². The second kappa shape index (κ2) is 10.4. The number of carbonyl (C=O) groups excluding carboxylic acids is 1. The number of nitrogen functional groups attached to an aromatic ring is 2. The Morgan fingerprint density at radius 2 is 1.60 bits per heavy atom. The van der Waals surface area contributed by atoms with E-state index < -0.39 is 11.9 Å². The van der Waals surface area contributed by atoms with Crippen LogP contribution in [0, 0.1) is 11.8 Å². The van der Waals surface area contributed by atoms with Crippen molar-refractivity contribution in [2.45, 2.75) is 58.8 Å². The summed E-state index contributed by atoms with van der Waals surface area (Å²) in [5.74, 6) is -1.94. The van der Waals surface area contributed by atoms with Gasteiger partial charge in [0.15, 0.2) is 0 Å². The monoisotopic (exact) mass is 352 g/mol. The highest BCUT2D eigenvalue weighted by molar-refractivity contribution is 5.91. The maximum atomic E-state index is 12.6. The number of aromatic nitrogens is 3. The number of rotatable bonds is 11. The number of anilines is 3. The standard InChI is InChI=1S/C16H28N6O3/c1-3-5-6-7-11(9-8-10(4-2)13(24)25)12(23)19-16-21-14(17)20-15(18)22-16/h10-11H,3-9H2,1-2H3,(H,24,25)(H5,17,18,19,20,21,22,23). The summed E-state index contributed by atoms with van der Waals surface area (Å²) in [5, 5.41) is 11.8. The quantitative estimate of drug-likeness (QED) is 0.441. The number of nitrogens with one attached hydrogen (secondary N) is 1. The van der Waals surface area contributed by atoms with Gasteiger partial charge in [0.2, 0.25) is 23.8 Å². The van der Waals surface area contributed by atoms with Crippen molar-refractivity contribution in [3.8, 4) is 0 Å². The van der Waals surface area contributed by atoms with Crippen LogP contribution in [0.1, 0.15) is 58.8 Å². The topological polar surface area (TPSA) is 157 Å². The van der Waals surface area contributed by atoms with Gasteiger partial charge in [-0.1, -0.05) is 33.1 Å². The van der Waals surface area contributed by atoms with Crippen molar-refractivity contribution >= 4 is 29.7 Å². The Kier molecular flexibility index (Phi) is 8.59. The third-order valence-electron chi connectivity index (χ3n) is 4.14. The molecule has 1 heterocycles. The average Bonchev–Trinajstić information content (AvgIpc) is 2.52. The fourth-order valence-electron chi connectivity index (χ4n) is 2.63. The Labute approximate surface area is 147 Å². The fourth-order valence-corrected chi connectivity index (χ4v) is 2.63. The molecule has 0 aliphatic rings. The lowest BCUT2D eigenvalue weighted by atomic mass is 9.90. The number of amides is 1. The summed E-state index contributed by atoms with van der Waals surface area (Å²) >= 11 is 0. The first kappa shape index (κ1) is 20.6. The normalized spacial score (nSPS) is 13.2. The molecule has 0 spiro atoms. The van der Waals surface area contributed by atoms with Gasteiger partial charge >= 0.3 is 5.97 Å². The molecule has 0 aliphatic heterocycles. The zero-order chi connectivity index (χ0) is 18.8. The number of nitrogens with zero attached hydrogens (tertiary/aromatic N) is 3. The van der Waals surface area contributed by atoms with Crippen molar-refractivity contribution in [3.63, 3.8) is 0 Å². The summed E-state index contributed by atoms with van der Waals surface area (Å²) in [6, 6.07) is 0. The van der Waals surface area contributed by atoms with E-state index in [9.17, 15) is 14.7 Å². The van der Waals surface area contributed by atoms with Crippen LogP contribution < -0.4 is 16.8 Å². The molecule has 0 aliphatic carbocycles. The van der Waals surface area contributed by atoms with E-state index in [0.29, 0.717) is 25.7 Å². The molecule has 0 saturated carbocycles. The molecular weight excluding hydrogens is 324 g/mol. The number of nitrogens with two attached hydrogens (primary N) is 2. The van der Waals surface area contributed by atoms with Gasteiger partial charge in [0, 0.05) is 5.92 Å². The highest BCUT2D eigenvalue weighted by Crippen LogP contribution is 2.22. The second-order valence-corrected chi connectivity index (χ2v) is 6.08. The number of unbranched alkanes of at least 4 members (excludes halogenated alkanes) is 2. The molecule has 0 aromatic carbocycles. The van der Waals surface area contributed by atoms with Crippen molar-refractivity contribution < 1.29 is 14.7 Å². The molecule has 6 N–H and O–H groups in total. The summed E-state index contributed by atoms with van der Waals surface area (Å²) in [7, 11) is 0.